The van der Waals surface area contributed by atoms with E-state index in [1.165, 1.54) is 36.0 Å². The van der Waals surface area contributed by atoms with E-state index in [-0.39, 0.29) is 62.7 Å². The van der Waals surface area contributed by atoms with E-state index in [4.69, 9.17) is 16.6 Å². The van der Waals surface area contributed by atoms with Crippen molar-refractivity contribution in [3.63, 3.8) is 0 Å². The molecule has 6 nitrogen and oxygen atoms in total. The maximum atomic E-state index is 15.8. The summed E-state index contributed by atoms with van der Waals surface area (Å²) in [6.07, 6.45) is -6.92. The number of rotatable bonds is 10. The molecular weight excluding hydrogens is 830 g/mol. The van der Waals surface area contributed by atoms with Crippen LogP contribution in [0.4, 0.5) is 49.7 Å². The fourth-order valence-corrected chi connectivity index (χ4v) is 8.11. The number of thioether (sulfide) groups is 1. The van der Waals surface area contributed by atoms with Crippen molar-refractivity contribution in [2.24, 2.45) is 5.92 Å². The van der Waals surface area contributed by atoms with Gasteiger partial charge < -0.3 is 4.72 Å². The molecule has 0 saturated heterocycles. The van der Waals surface area contributed by atoms with Gasteiger partial charge in [0.05, 0.1) is 32.9 Å². The molecule has 5 aromatic rings. The van der Waals surface area contributed by atoms with Crippen molar-refractivity contribution < 1.29 is 43.9 Å². The molecule has 3 heterocycles. The first-order valence-corrected chi connectivity index (χ1v) is 20.1. The largest absolute Gasteiger partial charge is 0.435 e. The van der Waals surface area contributed by atoms with Gasteiger partial charge in [0.25, 0.3) is 5.92 Å². The van der Waals surface area contributed by atoms with Gasteiger partial charge in [-0.1, -0.05) is 35.5 Å². The molecule has 3 atom stereocenters. The van der Waals surface area contributed by atoms with Crippen LogP contribution >= 0.6 is 35.3 Å². The van der Waals surface area contributed by atoms with Crippen LogP contribution in [0.1, 0.15) is 66.0 Å². The Labute approximate surface area is 333 Å². The summed E-state index contributed by atoms with van der Waals surface area (Å²) in [6.45, 7) is 1.44. The van der Waals surface area contributed by atoms with Crippen molar-refractivity contribution >= 4 is 52.0 Å². The summed E-state index contributed by atoms with van der Waals surface area (Å²) in [5, 5.41) is 8.00. The van der Waals surface area contributed by atoms with Gasteiger partial charge in [0.1, 0.15) is 29.6 Å². The highest BCUT2D eigenvalue weighted by atomic mass is 35.5. The van der Waals surface area contributed by atoms with Gasteiger partial charge in [-0.15, -0.1) is 11.8 Å². The predicted molar refractivity (Wildman–Crippen MR) is 200 cm³/mol. The number of pyridine rings is 1. The molecule has 19 heteroatoms. The Morgan fingerprint density at radius 2 is 1.65 bits per heavy atom. The summed E-state index contributed by atoms with van der Waals surface area (Å²) in [5.74, 6) is -3.27. The summed E-state index contributed by atoms with van der Waals surface area (Å²) in [5.41, 5.74) is -2.75. The Hall–Kier alpha value is -4.08. The quantitative estimate of drug-likeness (QED) is 0.0858. The van der Waals surface area contributed by atoms with Crippen molar-refractivity contribution in [2.45, 2.75) is 74.6 Å². The molecule has 0 amide bonds. The monoisotopic (exact) mass is 860 g/mol. The SMILES string of the molecule is CSNc1nn(CC(F)(F)F)c2c(-c3ccc(C#CC(C)(C)SC)nc3C(Cc3cc(F)cc(F)c3)Cn3nc(C(F)(F)F)c4c3C(F)(F)C3CC43)ccc(Cl)c12. The molecule has 3 unspecified atom stereocenters. The van der Waals surface area contributed by atoms with Crippen LogP contribution in [0.5, 0.6) is 0 Å². The van der Waals surface area contributed by atoms with E-state index in [0.29, 0.717) is 15.4 Å². The van der Waals surface area contributed by atoms with Crippen molar-refractivity contribution in [3.05, 3.63) is 93.0 Å². The molecule has 2 aromatic carbocycles. The Bertz CT molecular complexity index is 2430. The van der Waals surface area contributed by atoms with E-state index in [0.717, 1.165) is 24.1 Å². The van der Waals surface area contributed by atoms with Gasteiger partial charge in [0, 0.05) is 40.8 Å². The average molecular weight is 861 g/mol. The summed E-state index contributed by atoms with van der Waals surface area (Å²) >= 11 is 9.05. The molecule has 0 aliphatic heterocycles. The zero-order chi connectivity index (χ0) is 41.4. The minimum atomic E-state index is -5.08. The molecule has 7 rings (SSSR count). The second-order valence-corrected chi connectivity index (χ2v) is 16.8. The third kappa shape index (κ3) is 8.03. The number of alkyl halides is 8. The second-order valence-electron chi connectivity index (χ2n) is 14.4. The van der Waals surface area contributed by atoms with Crippen LogP contribution in [0.25, 0.3) is 22.0 Å². The maximum Gasteiger partial charge on any atom is 0.435 e. The summed E-state index contributed by atoms with van der Waals surface area (Å²) in [4.78, 5) is 4.78. The van der Waals surface area contributed by atoms with E-state index >= 15 is 8.78 Å². The highest BCUT2D eigenvalue weighted by Crippen LogP contribution is 2.68. The first-order chi connectivity index (χ1) is 26.6. The van der Waals surface area contributed by atoms with Crippen molar-refractivity contribution in [2.75, 3.05) is 17.2 Å². The molecule has 2 aliphatic carbocycles. The van der Waals surface area contributed by atoms with Gasteiger partial charge in [-0.25, -0.2) is 13.8 Å². The maximum absolute atomic E-state index is 15.8. The lowest BCUT2D eigenvalue weighted by Crippen LogP contribution is -2.24. The number of benzene rings is 2. The summed E-state index contributed by atoms with van der Waals surface area (Å²) in [7, 11) is 0. The molecule has 1 N–H and O–H groups in total. The van der Waals surface area contributed by atoms with Crippen molar-refractivity contribution in [1.82, 2.24) is 24.5 Å². The molecule has 3 aromatic heterocycles. The standard InChI is InChI=1S/C38H31ClF10N6S2/c1-35(2,56-3)10-9-22-5-6-23(24-7-8-27(39)29-31(24)55(17-36(42,43)44)52-34(29)53-57-4)30(50-22)19(11-18-12-20(40)14-21(41)13-18)16-54-33-28(32(51-54)38(47,48)49)25-15-26(25)37(33,45)46/h5-8,12-14,19,25-26H,11,15-17H2,1-4H3,(H,52,53). The lowest BCUT2D eigenvalue weighted by Gasteiger charge is -2.24. The van der Waals surface area contributed by atoms with Gasteiger partial charge in [-0.05, 0) is 80.7 Å². The van der Waals surface area contributed by atoms with Gasteiger partial charge in [0.2, 0.25) is 0 Å². The first-order valence-electron chi connectivity index (χ1n) is 17.3. The first kappa shape index (κ1) is 41.1. The van der Waals surface area contributed by atoms with Crippen LogP contribution in [-0.2, 0) is 31.6 Å². The topological polar surface area (TPSA) is 60.6 Å². The Kier molecular flexibility index (Phi) is 10.5. The molecule has 1 saturated carbocycles. The van der Waals surface area contributed by atoms with Crippen molar-refractivity contribution in [3.8, 4) is 23.0 Å². The number of nitrogens with one attached hydrogen (secondary N) is 1. The van der Waals surface area contributed by atoms with Crippen LogP contribution in [0, 0.1) is 29.4 Å². The van der Waals surface area contributed by atoms with Crippen molar-refractivity contribution in [1.29, 1.82) is 0 Å². The number of anilines is 1. The Morgan fingerprint density at radius 1 is 0.965 bits per heavy atom. The lowest BCUT2D eigenvalue weighted by molar-refractivity contribution is -0.142. The predicted octanol–water partition coefficient (Wildman–Crippen LogP) is 11.2. The smallest absolute Gasteiger partial charge is 0.313 e. The number of aromatic nitrogens is 5. The minimum absolute atomic E-state index is 0.00394. The molecule has 302 valence electrons. The fraction of sp³-hybridized carbons (Fsp3) is 0.395. The van der Waals surface area contributed by atoms with E-state index in [2.05, 4.69) is 26.8 Å². The molecule has 0 radical (unpaired) electrons. The lowest BCUT2D eigenvalue weighted by atomic mass is 9.89. The zero-order valence-electron chi connectivity index (χ0n) is 30.3. The van der Waals surface area contributed by atoms with Gasteiger partial charge in [-0.3, -0.25) is 9.36 Å². The zero-order valence-corrected chi connectivity index (χ0v) is 32.7. The van der Waals surface area contributed by atoms with Gasteiger partial charge in [0.15, 0.2) is 11.5 Å². The van der Waals surface area contributed by atoms with E-state index in [9.17, 15) is 35.1 Å². The van der Waals surface area contributed by atoms with E-state index < -0.39 is 82.5 Å². The Balaban J connectivity index is 1.51. The normalized spacial score (nSPS) is 17.9. The number of hydrogen-bond acceptors (Lipinski definition) is 6. The number of nitrogens with zero attached hydrogens (tertiary/aromatic N) is 5. The van der Waals surface area contributed by atoms with Crippen LogP contribution in [0.3, 0.4) is 0 Å². The summed E-state index contributed by atoms with van der Waals surface area (Å²) < 4.78 is 150. The summed E-state index contributed by atoms with van der Waals surface area (Å²) in [6, 6.07) is 8.40. The van der Waals surface area contributed by atoms with Gasteiger partial charge >= 0.3 is 12.4 Å². The molecule has 1 fully saturated rings. The third-order valence-electron chi connectivity index (χ3n) is 9.97. The molecule has 0 spiro atoms. The second kappa shape index (κ2) is 14.6. The number of halogens is 11. The van der Waals surface area contributed by atoms with Gasteiger partial charge in [-0.2, -0.15) is 45.3 Å². The van der Waals surface area contributed by atoms with Crippen LogP contribution in [0.15, 0.2) is 42.5 Å². The number of fused-ring (bicyclic) bond motifs is 4. The third-order valence-corrected chi connectivity index (χ3v) is 11.8. The molecule has 0 bridgehead atoms. The van der Waals surface area contributed by atoms with Crippen LogP contribution in [-0.4, -0.2) is 48.0 Å². The molecule has 57 heavy (non-hydrogen) atoms. The highest BCUT2D eigenvalue weighted by molar-refractivity contribution is 8.00. The highest BCUT2D eigenvalue weighted by Gasteiger charge is 2.68. The van der Waals surface area contributed by atoms with Crippen LogP contribution in [0.2, 0.25) is 5.02 Å². The van der Waals surface area contributed by atoms with E-state index in [1.54, 1.807) is 6.26 Å². The Morgan fingerprint density at radius 3 is 2.28 bits per heavy atom. The van der Waals surface area contributed by atoms with E-state index in [1.807, 2.05) is 20.1 Å². The molecule has 2 aliphatic rings. The average Bonchev–Trinajstić information content (AvgIpc) is 3.62. The fourth-order valence-electron chi connectivity index (χ4n) is 7.38. The number of hydrogen-bond donors (Lipinski definition) is 1. The minimum Gasteiger partial charge on any atom is -0.313 e. The van der Waals surface area contributed by atoms with Crippen LogP contribution < -0.4 is 4.72 Å². The molecular formula is C38H31ClF10N6S2.